The second-order valence-electron chi connectivity index (χ2n) is 5.78. The number of hydrogen-bond acceptors (Lipinski definition) is 4. The van der Waals surface area contributed by atoms with Gasteiger partial charge in [0.2, 0.25) is 17.7 Å². The van der Waals surface area contributed by atoms with Crippen molar-refractivity contribution in [2.45, 2.75) is 25.8 Å². The van der Waals surface area contributed by atoms with Crippen LogP contribution < -0.4 is 10.5 Å². The van der Waals surface area contributed by atoms with Crippen molar-refractivity contribution < 1.29 is 19.1 Å². The molecule has 1 aromatic rings. The summed E-state index contributed by atoms with van der Waals surface area (Å²) in [5.74, 6) is -0.125. The molecule has 0 spiro atoms. The van der Waals surface area contributed by atoms with Gasteiger partial charge in [-0.05, 0) is 18.1 Å². The van der Waals surface area contributed by atoms with Gasteiger partial charge in [0.25, 0.3) is 0 Å². The normalized spacial score (nSPS) is 17.5. The minimum atomic E-state index is -0.771. The molecule has 3 amide bonds. The van der Waals surface area contributed by atoms with E-state index >= 15 is 0 Å². The fraction of sp³-hybridized carbons (Fsp3) is 0.471. The molecule has 1 atom stereocenters. The van der Waals surface area contributed by atoms with Crippen LogP contribution >= 0.6 is 0 Å². The smallest absolute Gasteiger partial charge is 0.242 e. The quantitative estimate of drug-likeness (QED) is 0.831. The number of hydrogen-bond donors (Lipinski definition) is 1. The maximum Gasteiger partial charge on any atom is 0.242 e. The number of carbonyl (C=O) groups excluding carboxylic acids is 3. The molecule has 1 saturated heterocycles. The van der Waals surface area contributed by atoms with Gasteiger partial charge in [0.1, 0.15) is 11.8 Å². The number of carbonyl (C=O) groups is 3. The number of benzene rings is 1. The molecule has 0 bridgehead atoms. The van der Waals surface area contributed by atoms with Gasteiger partial charge in [-0.15, -0.1) is 0 Å². The van der Waals surface area contributed by atoms with Crippen molar-refractivity contribution in [1.82, 2.24) is 9.80 Å². The molecule has 2 N–H and O–H groups in total. The number of nitrogens with two attached hydrogens (primary N) is 1. The summed E-state index contributed by atoms with van der Waals surface area (Å²) in [5.41, 5.74) is 6.36. The van der Waals surface area contributed by atoms with Gasteiger partial charge >= 0.3 is 0 Å². The van der Waals surface area contributed by atoms with E-state index in [4.69, 9.17) is 10.5 Å². The molecule has 0 radical (unpaired) electrons. The third-order valence-corrected chi connectivity index (χ3v) is 4.28. The molecule has 130 valence electrons. The molecule has 1 aliphatic rings. The summed E-state index contributed by atoms with van der Waals surface area (Å²) < 4.78 is 5.28. The first-order valence-corrected chi connectivity index (χ1v) is 7.90. The fourth-order valence-electron chi connectivity index (χ4n) is 2.91. The Labute approximate surface area is 141 Å². The van der Waals surface area contributed by atoms with Gasteiger partial charge in [0.05, 0.1) is 13.7 Å². The predicted molar refractivity (Wildman–Crippen MR) is 88.3 cm³/mol. The molecule has 1 aliphatic heterocycles. The maximum atomic E-state index is 12.5. The van der Waals surface area contributed by atoms with Crippen LogP contribution in [0.3, 0.4) is 0 Å². The monoisotopic (exact) mass is 333 g/mol. The number of aryl methyl sites for hydroxylation is 1. The van der Waals surface area contributed by atoms with Crippen molar-refractivity contribution in [2.24, 2.45) is 5.73 Å². The van der Waals surface area contributed by atoms with E-state index in [-0.39, 0.29) is 24.8 Å². The van der Waals surface area contributed by atoms with Crippen molar-refractivity contribution in [1.29, 1.82) is 0 Å². The van der Waals surface area contributed by atoms with Gasteiger partial charge in [-0.25, -0.2) is 0 Å². The number of para-hydroxylation sites is 1. The highest BCUT2D eigenvalue weighted by Crippen LogP contribution is 2.20. The first-order valence-electron chi connectivity index (χ1n) is 7.90. The minimum absolute atomic E-state index is 0.123. The number of rotatable bonds is 5. The summed E-state index contributed by atoms with van der Waals surface area (Å²) in [6, 6.07) is 6.74. The summed E-state index contributed by atoms with van der Waals surface area (Å²) in [6.45, 7) is 2.33. The van der Waals surface area contributed by atoms with Crippen LogP contribution in [0.25, 0.3) is 0 Å². The zero-order chi connectivity index (χ0) is 17.7. The molecule has 0 unspecified atom stereocenters. The molecular formula is C17H23N3O4. The van der Waals surface area contributed by atoms with Crippen LogP contribution in [0.1, 0.15) is 18.9 Å². The average molecular weight is 333 g/mol. The predicted octanol–water partition coefficient (Wildman–Crippen LogP) is 0.172. The number of primary amides is 1. The minimum Gasteiger partial charge on any atom is -0.496 e. The molecule has 2 rings (SSSR count). The molecule has 0 aromatic heterocycles. The van der Waals surface area contributed by atoms with E-state index < -0.39 is 11.9 Å². The van der Waals surface area contributed by atoms with Crippen molar-refractivity contribution in [2.75, 3.05) is 26.7 Å². The molecular weight excluding hydrogens is 310 g/mol. The second kappa shape index (κ2) is 7.81. The average Bonchev–Trinajstić information content (AvgIpc) is 2.59. The van der Waals surface area contributed by atoms with Crippen LogP contribution in [0.2, 0.25) is 0 Å². The van der Waals surface area contributed by atoms with Crippen molar-refractivity contribution >= 4 is 17.7 Å². The van der Waals surface area contributed by atoms with Crippen LogP contribution in [0.4, 0.5) is 0 Å². The van der Waals surface area contributed by atoms with Gasteiger partial charge < -0.3 is 20.3 Å². The summed E-state index contributed by atoms with van der Waals surface area (Å²) in [6.07, 6.45) is 0.769. The fourth-order valence-corrected chi connectivity index (χ4v) is 2.91. The van der Waals surface area contributed by atoms with E-state index in [1.807, 2.05) is 24.3 Å². The lowest BCUT2D eigenvalue weighted by Gasteiger charge is -2.39. The number of ether oxygens (including phenoxy) is 1. The van der Waals surface area contributed by atoms with E-state index in [2.05, 4.69) is 0 Å². The molecule has 0 aliphatic carbocycles. The lowest BCUT2D eigenvalue weighted by atomic mass is 10.1. The first-order chi connectivity index (χ1) is 11.4. The van der Waals surface area contributed by atoms with E-state index in [1.54, 1.807) is 12.0 Å². The molecule has 1 fully saturated rings. The molecule has 1 heterocycles. The lowest BCUT2D eigenvalue weighted by molar-refractivity contribution is -0.146. The van der Waals surface area contributed by atoms with E-state index in [0.29, 0.717) is 19.5 Å². The Morgan fingerprint density at radius 1 is 1.25 bits per heavy atom. The largest absolute Gasteiger partial charge is 0.496 e. The van der Waals surface area contributed by atoms with E-state index in [1.165, 1.54) is 11.8 Å². The number of methoxy groups -OCH3 is 1. The second-order valence-corrected chi connectivity index (χ2v) is 5.78. The zero-order valence-electron chi connectivity index (χ0n) is 14.0. The molecule has 0 saturated carbocycles. The van der Waals surface area contributed by atoms with Crippen LogP contribution in [-0.2, 0) is 20.8 Å². The third kappa shape index (κ3) is 4.04. The van der Waals surface area contributed by atoms with Crippen LogP contribution in [0.15, 0.2) is 24.3 Å². The first kappa shape index (κ1) is 17.8. The summed E-state index contributed by atoms with van der Waals surface area (Å²) in [7, 11) is 1.59. The van der Waals surface area contributed by atoms with Gasteiger partial charge in [-0.3, -0.25) is 14.4 Å². The third-order valence-electron chi connectivity index (χ3n) is 4.28. The highest BCUT2D eigenvalue weighted by atomic mass is 16.5. The van der Waals surface area contributed by atoms with E-state index in [0.717, 1.165) is 11.3 Å². The Hall–Kier alpha value is -2.57. The van der Waals surface area contributed by atoms with Crippen molar-refractivity contribution in [3.05, 3.63) is 29.8 Å². The Bertz CT molecular complexity index is 632. The molecule has 24 heavy (non-hydrogen) atoms. The SMILES string of the molecule is COc1ccccc1CCC(=O)N1CCN(C(C)=O)C[C@H]1C(N)=O. The molecule has 7 heteroatoms. The molecule has 1 aromatic carbocycles. The zero-order valence-corrected chi connectivity index (χ0v) is 14.0. The van der Waals surface area contributed by atoms with Crippen LogP contribution in [0.5, 0.6) is 5.75 Å². The van der Waals surface area contributed by atoms with Crippen LogP contribution in [-0.4, -0.2) is 60.3 Å². The van der Waals surface area contributed by atoms with Gasteiger partial charge in [-0.1, -0.05) is 18.2 Å². The summed E-state index contributed by atoms with van der Waals surface area (Å²) in [5, 5.41) is 0. The molecule has 7 nitrogen and oxygen atoms in total. The van der Waals surface area contributed by atoms with Gasteiger partial charge in [0.15, 0.2) is 0 Å². The summed E-state index contributed by atoms with van der Waals surface area (Å²) >= 11 is 0. The Morgan fingerprint density at radius 2 is 1.96 bits per heavy atom. The standard InChI is InChI=1S/C17H23N3O4/c1-12(21)19-9-10-20(14(11-19)17(18)23)16(22)8-7-13-5-3-4-6-15(13)24-2/h3-6,14H,7-11H2,1-2H3,(H2,18,23)/t14-/m0/s1. The highest BCUT2D eigenvalue weighted by Gasteiger charge is 2.34. The topological polar surface area (TPSA) is 92.9 Å². The highest BCUT2D eigenvalue weighted by molar-refractivity contribution is 5.88. The van der Waals surface area contributed by atoms with Gasteiger partial charge in [0, 0.05) is 26.4 Å². The van der Waals surface area contributed by atoms with Gasteiger partial charge in [-0.2, -0.15) is 0 Å². The Balaban J connectivity index is 2.02. The van der Waals surface area contributed by atoms with E-state index in [9.17, 15) is 14.4 Å². The van der Waals surface area contributed by atoms with Crippen LogP contribution in [0, 0.1) is 0 Å². The lowest BCUT2D eigenvalue weighted by Crippen LogP contribution is -2.60. The Morgan fingerprint density at radius 3 is 2.58 bits per heavy atom. The summed E-state index contributed by atoms with van der Waals surface area (Å²) in [4.78, 5) is 38.7. The van der Waals surface area contributed by atoms with Crippen molar-refractivity contribution in [3.63, 3.8) is 0 Å². The number of nitrogens with zero attached hydrogens (tertiary/aromatic N) is 2. The van der Waals surface area contributed by atoms with Crippen molar-refractivity contribution in [3.8, 4) is 5.75 Å². The number of piperazine rings is 1. The maximum absolute atomic E-state index is 12.5. The number of amides is 3. The Kier molecular flexibility index (Phi) is 5.78.